The van der Waals surface area contributed by atoms with E-state index in [1.54, 1.807) is 0 Å². The van der Waals surface area contributed by atoms with Gasteiger partial charge in [-0.3, -0.25) is 9.59 Å². The highest BCUT2D eigenvalue weighted by molar-refractivity contribution is 5.79. The maximum atomic E-state index is 12.6. The summed E-state index contributed by atoms with van der Waals surface area (Å²) in [7, 11) is 0. The second-order valence-electron chi connectivity index (χ2n) is 8.09. The molecule has 30 heavy (non-hydrogen) atoms. The zero-order chi connectivity index (χ0) is 21.5. The Morgan fingerprint density at radius 3 is 2.23 bits per heavy atom. The van der Waals surface area contributed by atoms with E-state index in [4.69, 9.17) is 4.74 Å². The van der Waals surface area contributed by atoms with Crippen molar-refractivity contribution in [3.05, 3.63) is 64.7 Å². The van der Waals surface area contributed by atoms with E-state index >= 15 is 0 Å². The van der Waals surface area contributed by atoms with Gasteiger partial charge in [-0.2, -0.15) is 0 Å². The van der Waals surface area contributed by atoms with Gasteiger partial charge in [-0.05, 0) is 56.4 Å². The van der Waals surface area contributed by atoms with Crippen LogP contribution < -0.4 is 4.74 Å². The van der Waals surface area contributed by atoms with Gasteiger partial charge in [0.05, 0.1) is 0 Å². The van der Waals surface area contributed by atoms with Gasteiger partial charge in [-0.25, -0.2) is 0 Å². The van der Waals surface area contributed by atoms with Crippen LogP contribution in [0, 0.1) is 20.8 Å². The molecule has 3 rings (SSSR count). The highest BCUT2D eigenvalue weighted by atomic mass is 16.5. The molecule has 1 saturated heterocycles. The molecule has 5 heteroatoms. The maximum Gasteiger partial charge on any atom is 0.260 e. The van der Waals surface area contributed by atoms with Crippen LogP contribution in [0.1, 0.15) is 35.1 Å². The number of hydrogen-bond donors (Lipinski definition) is 0. The van der Waals surface area contributed by atoms with Gasteiger partial charge in [0.2, 0.25) is 5.91 Å². The number of benzene rings is 2. The Morgan fingerprint density at radius 1 is 0.867 bits per heavy atom. The molecule has 0 atom stereocenters. The van der Waals surface area contributed by atoms with E-state index in [0.717, 1.165) is 29.7 Å². The molecule has 0 spiro atoms. The minimum atomic E-state index is -0.0233. The van der Waals surface area contributed by atoms with Crippen LogP contribution in [0.15, 0.2) is 42.5 Å². The molecular weight excluding hydrogens is 376 g/mol. The molecule has 0 saturated carbocycles. The van der Waals surface area contributed by atoms with Gasteiger partial charge >= 0.3 is 0 Å². The van der Waals surface area contributed by atoms with Crippen LogP contribution in [-0.2, 0) is 16.0 Å². The smallest absolute Gasteiger partial charge is 0.260 e. The summed E-state index contributed by atoms with van der Waals surface area (Å²) in [4.78, 5) is 29.0. The van der Waals surface area contributed by atoms with Gasteiger partial charge < -0.3 is 14.5 Å². The molecule has 0 bridgehead atoms. The molecule has 0 unspecified atom stereocenters. The Kier molecular flexibility index (Phi) is 7.50. The van der Waals surface area contributed by atoms with Crippen molar-refractivity contribution in [3.8, 4) is 5.75 Å². The van der Waals surface area contributed by atoms with Crippen LogP contribution in [0.2, 0.25) is 0 Å². The quantitative estimate of drug-likeness (QED) is 0.733. The number of amides is 2. The predicted molar refractivity (Wildman–Crippen MR) is 119 cm³/mol. The molecule has 1 heterocycles. The van der Waals surface area contributed by atoms with Crippen LogP contribution in [-0.4, -0.2) is 54.4 Å². The topological polar surface area (TPSA) is 49.9 Å². The summed E-state index contributed by atoms with van der Waals surface area (Å²) in [5.74, 6) is 0.896. The fourth-order valence-electron chi connectivity index (χ4n) is 3.69. The Hall–Kier alpha value is -2.82. The first-order valence-electron chi connectivity index (χ1n) is 10.7. The summed E-state index contributed by atoms with van der Waals surface area (Å²) in [6.07, 6.45) is 2.06. The summed E-state index contributed by atoms with van der Waals surface area (Å²) >= 11 is 0. The van der Waals surface area contributed by atoms with Crippen LogP contribution >= 0.6 is 0 Å². The average Bonchev–Trinajstić information content (AvgIpc) is 3.00. The lowest BCUT2D eigenvalue weighted by atomic mass is 10.1. The Balaban J connectivity index is 1.46. The summed E-state index contributed by atoms with van der Waals surface area (Å²) in [6.45, 7) is 8.64. The zero-order valence-electron chi connectivity index (χ0n) is 18.3. The van der Waals surface area contributed by atoms with Crippen molar-refractivity contribution in [2.45, 2.75) is 40.0 Å². The van der Waals surface area contributed by atoms with E-state index in [2.05, 4.69) is 31.2 Å². The third kappa shape index (κ3) is 5.85. The van der Waals surface area contributed by atoms with Crippen molar-refractivity contribution in [1.29, 1.82) is 0 Å². The molecular formula is C25H32N2O3. The molecule has 2 aromatic carbocycles. The maximum absolute atomic E-state index is 12.6. The molecule has 0 N–H and O–H groups in total. The van der Waals surface area contributed by atoms with Crippen molar-refractivity contribution in [2.75, 3.05) is 32.8 Å². The summed E-state index contributed by atoms with van der Waals surface area (Å²) in [5, 5.41) is 0. The standard InChI is InChI=1S/C25H32N2O3/c1-19-8-10-22(11-9-19)12-13-24(28)26-14-5-15-27(17-16-26)25(29)18-30-23-7-4-6-20(2)21(23)3/h4,6-11H,5,12-18H2,1-3H3. The molecule has 5 nitrogen and oxygen atoms in total. The van der Waals surface area contributed by atoms with E-state index in [-0.39, 0.29) is 18.4 Å². The minimum absolute atomic E-state index is 0.0233. The fraction of sp³-hybridized carbons (Fsp3) is 0.440. The highest BCUT2D eigenvalue weighted by Gasteiger charge is 2.22. The lowest BCUT2D eigenvalue weighted by Gasteiger charge is -2.22. The Bertz CT molecular complexity index is 876. The molecule has 2 amide bonds. The Morgan fingerprint density at radius 2 is 1.53 bits per heavy atom. The SMILES string of the molecule is Cc1ccc(CCC(=O)N2CCCN(C(=O)COc3cccc(C)c3C)CC2)cc1. The number of aryl methyl sites for hydroxylation is 3. The van der Waals surface area contributed by atoms with Crippen LogP contribution in [0.25, 0.3) is 0 Å². The molecule has 1 aliphatic rings. The van der Waals surface area contributed by atoms with Crippen LogP contribution in [0.4, 0.5) is 0 Å². The Labute approximate surface area is 179 Å². The van der Waals surface area contributed by atoms with Crippen molar-refractivity contribution < 1.29 is 14.3 Å². The van der Waals surface area contributed by atoms with E-state index < -0.39 is 0 Å². The summed E-state index contributed by atoms with van der Waals surface area (Å²) in [5.41, 5.74) is 4.62. The van der Waals surface area contributed by atoms with Gasteiger partial charge in [-0.1, -0.05) is 42.0 Å². The lowest BCUT2D eigenvalue weighted by molar-refractivity contribution is -0.134. The third-order valence-corrected chi connectivity index (χ3v) is 5.86. The first-order valence-corrected chi connectivity index (χ1v) is 10.7. The third-order valence-electron chi connectivity index (χ3n) is 5.86. The van der Waals surface area contributed by atoms with Crippen molar-refractivity contribution in [1.82, 2.24) is 9.80 Å². The van der Waals surface area contributed by atoms with Gasteiger partial charge in [0.1, 0.15) is 5.75 Å². The number of carbonyl (C=O) groups is 2. The molecule has 0 aromatic heterocycles. The predicted octanol–water partition coefficient (Wildman–Crippen LogP) is 3.68. The molecule has 0 radical (unpaired) electrons. The largest absolute Gasteiger partial charge is 0.483 e. The van der Waals surface area contributed by atoms with E-state index in [1.165, 1.54) is 11.1 Å². The molecule has 160 valence electrons. The van der Waals surface area contributed by atoms with Crippen molar-refractivity contribution >= 4 is 11.8 Å². The van der Waals surface area contributed by atoms with Gasteiger partial charge in [0.15, 0.2) is 6.61 Å². The lowest BCUT2D eigenvalue weighted by Crippen LogP contribution is -2.39. The second kappa shape index (κ2) is 10.3. The normalized spacial score (nSPS) is 14.4. The molecule has 0 aliphatic carbocycles. The zero-order valence-corrected chi connectivity index (χ0v) is 18.3. The highest BCUT2D eigenvalue weighted by Crippen LogP contribution is 2.20. The van der Waals surface area contributed by atoms with Crippen LogP contribution in [0.3, 0.4) is 0 Å². The molecule has 1 aliphatic heterocycles. The van der Waals surface area contributed by atoms with Crippen LogP contribution in [0.5, 0.6) is 5.75 Å². The second-order valence-corrected chi connectivity index (χ2v) is 8.09. The van der Waals surface area contributed by atoms with E-state index in [1.807, 2.05) is 41.8 Å². The van der Waals surface area contributed by atoms with Crippen molar-refractivity contribution in [2.24, 2.45) is 0 Å². The summed E-state index contributed by atoms with van der Waals surface area (Å²) in [6, 6.07) is 14.2. The van der Waals surface area contributed by atoms with E-state index in [0.29, 0.717) is 32.6 Å². The first-order chi connectivity index (χ1) is 14.4. The average molecular weight is 409 g/mol. The first kappa shape index (κ1) is 21.9. The minimum Gasteiger partial charge on any atom is -0.483 e. The van der Waals surface area contributed by atoms with E-state index in [9.17, 15) is 9.59 Å². The van der Waals surface area contributed by atoms with Crippen molar-refractivity contribution in [3.63, 3.8) is 0 Å². The number of hydrogen-bond acceptors (Lipinski definition) is 3. The monoisotopic (exact) mass is 408 g/mol. The fourth-order valence-corrected chi connectivity index (χ4v) is 3.69. The number of nitrogens with zero attached hydrogens (tertiary/aromatic N) is 2. The number of carbonyl (C=O) groups excluding carboxylic acids is 2. The summed E-state index contributed by atoms with van der Waals surface area (Å²) < 4.78 is 5.77. The van der Waals surface area contributed by atoms with Gasteiger partial charge in [0, 0.05) is 32.6 Å². The number of rotatable bonds is 6. The van der Waals surface area contributed by atoms with Gasteiger partial charge in [-0.15, -0.1) is 0 Å². The molecule has 2 aromatic rings. The number of ether oxygens (including phenoxy) is 1. The van der Waals surface area contributed by atoms with Gasteiger partial charge in [0.25, 0.3) is 5.91 Å². The molecule has 1 fully saturated rings.